The van der Waals surface area contributed by atoms with Gasteiger partial charge >= 0.3 is 0 Å². The number of ether oxygens (including phenoxy) is 2. The lowest BCUT2D eigenvalue weighted by Crippen LogP contribution is -2.26. The van der Waals surface area contributed by atoms with Crippen molar-refractivity contribution in [2.24, 2.45) is 0 Å². The fourth-order valence-corrected chi connectivity index (χ4v) is 2.80. The van der Waals surface area contributed by atoms with Crippen molar-refractivity contribution in [3.63, 3.8) is 0 Å². The third kappa shape index (κ3) is 3.59. The summed E-state index contributed by atoms with van der Waals surface area (Å²) in [4.78, 5) is 12.3. The molecule has 23 heavy (non-hydrogen) atoms. The summed E-state index contributed by atoms with van der Waals surface area (Å²) in [5.74, 6) is 1.18. The van der Waals surface area contributed by atoms with Crippen LogP contribution in [0.5, 0.6) is 11.5 Å². The van der Waals surface area contributed by atoms with Crippen molar-refractivity contribution >= 4 is 17.5 Å². The van der Waals surface area contributed by atoms with Gasteiger partial charge in [0.25, 0.3) is 5.91 Å². The molecule has 1 aliphatic heterocycles. The summed E-state index contributed by atoms with van der Waals surface area (Å²) in [5.41, 5.74) is 1.42. The maximum Gasteiger partial charge on any atom is 0.251 e. The van der Waals surface area contributed by atoms with Gasteiger partial charge in [-0.1, -0.05) is 29.8 Å². The number of halogens is 1. The molecular formula is C18H18ClNO3. The molecular weight excluding hydrogens is 314 g/mol. The predicted octanol–water partition coefficient (Wildman–Crippen LogP) is 3.99. The van der Waals surface area contributed by atoms with Crippen molar-refractivity contribution in [2.75, 3.05) is 13.2 Å². The van der Waals surface area contributed by atoms with E-state index in [2.05, 4.69) is 5.32 Å². The van der Waals surface area contributed by atoms with Crippen LogP contribution in [0.1, 0.15) is 35.3 Å². The van der Waals surface area contributed by atoms with Crippen LogP contribution < -0.4 is 14.8 Å². The highest BCUT2D eigenvalue weighted by molar-refractivity contribution is 6.31. The Hall–Kier alpha value is -2.20. The highest BCUT2D eigenvalue weighted by Gasteiger charge is 2.19. The maximum absolute atomic E-state index is 12.3. The van der Waals surface area contributed by atoms with E-state index in [4.69, 9.17) is 21.1 Å². The van der Waals surface area contributed by atoms with Crippen LogP contribution in [0.15, 0.2) is 42.5 Å². The molecule has 1 amide bonds. The molecule has 5 heteroatoms. The largest absolute Gasteiger partial charge is 0.490 e. The summed E-state index contributed by atoms with van der Waals surface area (Å²) >= 11 is 6.35. The Labute approximate surface area is 140 Å². The number of hydrogen-bond donors (Lipinski definition) is 1. The van der Waals surface area contributed by atoms with Gasteiger partial charge < -0.3 is 14.8 Å². The lowest BCUT2D eigenvalue weighted by atomic mass is 10.1. The number of nitrogens with one attached hydrogen (secondary N) is 1. The monoisotopic (exact) mass is 331 g/mol. The molecule has 4 nitrogen and oxygen atoms in total. The molecule has 0 spiro atoms. The van der Waals surface area contributed by atoms with E-state index in [1.165, 1.54) is 0 Å². The number of hydrogen-bond acceptors (Lipinski definition) is 3. The van der Waals surface area contributed by atoms with Crippen LogP contribution in [0.2, 0.25) is 5.02 Å². The Balaban J connectivity index is 1.80. The van der Waals surface area contributed by atoms with Gasteiger partial charge in [-0.15, -0.1) is 0 Å². The lowest BCUT2D eigenvalue weighted by molar-refractivity contribution is 0.0940. The fraction of sp³-hybridized carbons (Fsp3) is 0.278. The van der Waals surface area contributed by atoms with Gasteiger partial charge in [-0.2, -0.15) is 0 Å². The van der Waals surface area contributed by atoms with Crippen molar-refractivity contribution in [3.8, 4) is 11.5 Å². The van der Waals surface area contributed by atoms with Gasteiger partial charge in [-0.3, -0.25) is 4.79 Å². The minimum absolute atomic E-state index is 0.138. The van der Waals surface area contributed by atoms with E-state index in [0.717, 1.165) is 12.0 Å². The summed E-state index contributed by atoms with van der Waals surface area (Å²) in [6.07, 6.45) is 0.835. The van der Waals surface area contributed by atoms with Crippen LogP contribution in [0.25, 0.3) is 0 Å². The predicted molar refractivity (Wildman–Crippen MR) is 89.4 cm³/mol. The molecule has 0 fully saturated rings. The van der Waals surface area contributed by atoms with Gasteiger partial charge in [0, 0.05) is 23.1 Å². The fourth-order valence-electron chi connectivity index (χ4n) is 2.48. The van der Waals surface area contributed by atoms with Crippen LogP contribution >= 0.6 is 11.6 Å². The number of carbonyl (C=O) groups is 1. The first-order valence-corrected chi connectivity index (χ1v) is 7.98. The highest BCUT2D eigenvalue weighted by atomic mass is 35.5. The third-order valence-electron chi connectivity index (χ3n) is 3.72. The van der Waals surface area contributed by atoms with Crippen molar-refractivity contribution in [3.05, 3.63) is 58.6 Å². The molecule has 1 N–H and O–H groups in total. The van der Waals surface area contributed by atoms with Crippen molar-refractivity contribution in [2.45, 2.75) is 19.4 Å². The van der Waals surface area contributed by atoms with Crippen molar-refractivity contribution in [1.29, 1.82) is 0 Å². The summed E-state index contributed by atoms with van der Waals surface area (Å²) < 4.78 is 11.3. The molecule has 1 heterocycles. The Morgan fingerprint density at radius 1 is 1.13 bits per heavy atom. The number of amides is 1. The Kier molecular flexibility index (Phi) is 4.72. The van der Waals surface area contributed by atoms with Crippen LogP contribution in [-0.4, -0.2) is 19.1 Å². The van der Waals surface area contributed by atoms with E-state index < -0.39 is 0 Å². The van der Waals surface area contributed by atoms with Crippen molar-refractivity contribution in [1.82, 2.24) is 5.32 Å². The first-order chi connectivity index (χ1) is 11.1. The Bertz CT molecular complexity index is 703. The van der Waals surface area contributed by atoms with E-state index in [1.54, 1.807) is 18.2 Å². The molecule has 0 aromatic heterocycles. The standard InChI is InChI=1S/C18H18ClNO3/c1-12(20-18(21)13-6-3-2-4-7-13)14-10-16-17(11-15(14)19)23-9-5-8-22-16/h2-4,6-7,10-12H,5,8-9H2,1H3,(H,20,21). The molecule has 1 unspecified atom stereocenters. The smallest absolute Gasteiger partial charge is 0.251 e. The quantitative estimate of drug-likeness (QED) is 0.925. The number of benzene rings is 2. The Morgan fingerprint density at radius 2 is 1.78 bits per heavy atom. The average Bonchev–Trinajstić information content (AvgIpc) is 2.79. The van der Waals surface area contributed by atoms with E-state index >= 15 is 0 Å². The van der Waals surface area contributed by atoms with E-state index in [9.17, 15) is 4.79 Å². The minimum Gasteiger partial charge on any atom is -0.490 e. The van der Waals surface area contributed by atoms with Crippen LogP contribution in [0.4, 0.5) is 0 Å². The van der Waals surface area contributed by atoms with Crippen LogP contribution in [0, 0.1) is 0 Å². The molecule has 0 saturated carbocycles. The second-order valence-electron chi connectivity index (χ2n) is 5.43. The number of carbonyl (C=O) groups excluding carboxylic acids is 1. The molecule has 0 saturated heterocycles. The lowest BCUT2D eigenvalue weighted by Gasteiger charge is -2.18. The first kappa shape index (κ1) is 15.7. The second kappa shape index (κ2) is 6.92. The summed E-state index contributed by atoms with van der Waals surface area (Å²) in [6, 6.07) is 12.4. The molecule has 1 atom stereocenters. The van der Waals surface area contributed by atoms with Crippen LogP contribution in [-0.2, 0) is 0 Å². The maximum atomic E-state index is 12.3. The normalized spacial score (nSPS) is 14.7. The molecule has 1 aliphatic rings. The van der Waals surface area contributed by atoms with Crippen molar-refractivity contribution < 1.29 is 14.3 Å². The Morgan fingerprint density at radius 3 is 2.48 bits per heavy atom. The molecule has 0 radical (unpaired) electrons. The van der Waals surface area contributed by atoms with E-state index in [-0.39, 0.29) is 11.9 Å². The third-order valence-corrected chi connectivity index (χ3v) is 4.04. The zero-order valence-electron chi connectivity index (χ0n) is 12.8. The van der Waals surface area contributed by atoms with Gasteiger partial charge in [-0.05, 0) is 30.7 Å². The van der Waals surface area contributed by atoms with Gasteiger partial charge in [0.1, 0.15) is 0 Å². The summed E-state index contributed by atoms with van der Waals surface area (Å²) in [7, 11) is 0. The molecule has 120 valence electrons. The highest BCUT2D eigenvalue weighted by Crippen LogP contribution is 2.37. The number of fused-ring (bicyclic) bond motifs is 1. The molecule has 2 aromatic rings. The van der Waals surface area contributed by atoms with Crippen LogP contribution in [0.3, 0.4) is 0 Å². The number of rotatable bonds is 3. The molecule has 3 rings (SSSR count). The molecule has 2 aromatic carbocycles. The zero-order chi connectivity index (χ0) is 16.2. The summed E-state index contributed by atoms with van der Waals surface area (Å²) in [5, 5.41) is 3.51. The van der Waals surface area contributed by atoms with E-state index in [0.29, 0.717) is 35.3 Å². The summed E-state index contributed by atoms with van der Waals surface area (Å²) in [6.45, 7) is 3.12. The molecule has 0 bridgehead atoms. The average molecular weight is 332 g/mol. The SMILES string of the molecule is CC(NC(=O)c1ccccc1)c1cc2c(cc1Cl)OCCCO2. The topological polar surface area (TPSA) is 47.6 Å². The second-order valence-corrected chi connectivity index (χ2v) is 5.84. The minimum atomic E-state index is -0.243. The van der Waals surface area contributed by atoms with Gasteiger partial charge in [0.05, 0.1) is 19.3 Å². The van der Waals surface area contributed by atoms with E-state index in [1.807, 2.05) is 31.2 Å². The zero-order valence-corrected chi connectivity index (χ0v) is 13.6. The van der Waals surface area contributed by atoms with Gasteiger partial charge in [-0.25, -0.2) is 0 Å². The van der Waals surface area contributed by atoms with Gasteiger partial charge in [0.15, 0.2) is 11.5 Å². The first-order valence-electron chi connectivity index (χ1n) is 7.60. The van der Waals surface area contributed by atoms with Gasteiger partial charge in [0.2, 0.25) is 0 Å². The molecule has 0 aliphatic carbocycles.